The number of aryl methyl sites for hydroxylation is 1. The third-order valence-electron chi connectivity index (χ3n) is 3.45. The molecule has 2 rings (SSSR count). The highest BCUT2D eigenvalue weighted by molar-refractivity contribution is 5.77. The SMILES string of the molecule is Cc1cccc([C@@H]2CCCN2CC(=O)N(C)C)n1. The van der Waals surface area contributed by atoms with Crippen LogP contribution >= 0.6 is 0 Å². The van der Waals surface area contributed by atoms with Crippen LogP contribution in [-0.4, -0.2) is 47.9 Å². The summed E-state index contributed by atoms with van der Waals surface area (Å²) in [4.78, 5) is 20.3. The number of likely N-dealkylation sites (tertiary alicyclic amines) is 1. The summed E-state index contributed by atoms with van der Waals surface area (Å²) in [5.41, 5.74) is 2.14. The van der Waals surface area contributed by atoms with Gasteiger partial charge in [-0.3, -0.25) is 14.7 Å². The van der Waals surface area contributed by atoms with E-state index in [1.807, 2.05) is 19.1 Å². The van der Waals surface area contributed by atoms with E-state index in [-0.39, 0.29) is 5.91 Å². The van der Waals surface area contributed by atoms with Gasteiger partial charge in [0.2, 0.25) is 5.91 Å². The second kappa shape index (κ2) is 5.48. The summed E-state index contributed by atoms with van der Waals surface area (Å²) in [5, 5.41) is 0. The molecule has 0 aliphatic carbocycles. The van der Waals surface area contributed by atoms with Gasteiger partial charge in [0.05, 0.1) is 18.3 Å². The summed E-state index contributed by atoms with van der Waals surface area (Å²) < 4.78 is 0. The number of rotatable bonds is 3. The third kappa shape index (κ3) is 2.88. The first-order chi connectivity index (χ1) is 8.58. The molecule has 4 nitrogen and oxygen atoms in total. The fraction of sp³-hybridized carbons (Fsp3) is 0.571. The Labute approximate surface area is 109 Å². The summed E-state index contributed by atoms with van der Waals surface area (Å²) in [5.74, 6) is 0.162. The lowest BCUT2D eigenvalue weighted by molar-refractivity contribution is -0.130. The van der Waals surface area contributed by atoms with Crippen LogP contribution in [0.3, 0.4) is 0 Å². The van der Waals surface area contributed by atoms with Crippen LogP contribution in [0.5, 0.6) is 0 Å². The average molecular weight is 247 g/mol. The summed E-state index contributed by atoms with van der Waals surface area (Å²) >= 11 is 0. The Hall–Kier alpha value is -1.42. The molecule has 1 aliphatic rings. The molecule has 0 unspecified atom stereocenters. The maximum atomic E-state index is 11.8. The standard InChI is InChI=1S/C14H21N3O/c1-11-6-4-7-12(15-11)13-8-5-9-17(13)10-14(18)16(2)3/h4,6-7,13H,5,8-10H2,1-3H3/t13-/m0/s1. The number of hydrogen-bond donors (Lipinski definition) is 0. The fourth-order valence-corrected chi connectivity index (χ4v) is 2.42. The zero-order valence-electron chi connectivity index (χ0n) is 11.4. The van der Waals surface area contributed by atoms with Crippen molar-refractivity contribution in [2.24, 2.45) is 0 Å². The van der Waals surface area contributed by atoms with Gasteiger partial charge in [-0.05, 0) is 38.4 Å². The first kappa shape index (κ1) is 13.0. The molecule has 1 amide bonds. The Kier molecular flexibility index (Phi) is 3.97. The van der Waals surface area contributed by atoms with Gasteiger partial charge in [-0.1, -0.05) is 6.07 Å². The minimum Gasteiger partial charge on any atom is -0.348 e. The summed E-state index contributed by atoms with van der Waals surface area (Å²) in [6.07, 6.45) is 2.23. The lowest BCUT2D eigenvalue weighted by Gasteiger charge is -2.25. The van der Waals surface area contributed by atoms with E-state index in [1.54, 1.807) is 19.0 Å². The minimum atomic E-state index is 0.162. The molecular formula is C14H21N3O. The van der Waals surface area contributed by atoms with Crippen LogP contribution in [0.1, 0.15) is 30.3 Å². The molecule has 18 heavy (non-hydrogen) atoms. The molecule has 0 bridgehead atoms. The van der Waals surface area contributed by atoms with Crippen molar-refractivity contribution < 1.29 is 4.79 Å². The van der Waals surface area contributed by atoms with Crippen molar-refractivity contribution in [2.45, 2.75) is 25.8 Å². The van der Waals surface area contributed by atoms with E-state index >= 15 is 0 Å². The molecule has 0 N–H and O–H groups in total. The number of aromatic nitrogens is 1. The Morgan fingerprint density at radius 2 is 2.28 bits per heavy atom. The molecule has 0 radical (unpaired) electrons. The Bertz CT molecular complexity index is 431. The van der Waals surface area contributed by atoms with Crippen molar-refractivity contribution in [2.75, 3.05) is 27.2 Å². The van der Waals surface area contributed by atoms with Crippen LogP contribution in [0, 0.1) is 6.92 Å². The molecular weight excluding hydrogens is 226 g/mol. The van der Waals surface area contributed by atoms with E-state index < -0.39 is 0 Å². The van der Waals surface area contributed by atoms with E-state index in [4.69, 9.17) is 0 Å². The van der Waals surface area contributed by atoms with E-state index in [0.29, 0.717) is 12.6 Å². The average Bonchev–Trinajstić information content (AvgIpc) is 2.77. The number of carbonyl (C=O) groups excluding carboxylic acids is 1. The predicted octanol–water partition coefficient (Wildman–Crippen LogP) is 1.62. The smallest absolute Gasteiger partial charge is 0.236 e. The van der Waals surface area contributed by atoms with Crippen molar-refractivity contribution in [3.63, 3.8) is 0 Å². The molecule has 1 aliphatic heterocycles. The highest BCUT2D eigenvalue weighted by Crippen LogP contribution is 2.30. The number of carbonyl (C=O) groups is 1. The van der Waals surface area contributed by atoms with Crippen LogP contribution in [0.2, 0.25) is 0 Å². The Balaban J connectivity index is 2.10. The Morgan fingerprint density at radius 3 is 2.94 bits per heavy atom. The fourth-order valence-electron chi connectivity index (χ4n) is 2.42. The van der Waals surface area contributed by atoms with Crippen LogP contribution < -0.4 is 0 Å². The van der Waals surface area contributed by atoms with Gasteiger partial charge >= 0.3 is 0 Å². The molecule has 0 saturated carbocycles. The minimum absolute atomic E-state index is 0.162. The first-order valence-corrected chi connectivity index (χ1v) is 6.45. The van der Waals surface area contributed by atoms with E-state index in [1.165, 1.54) is 0 Å². The molecule has 2 heterocycles. The Morgan fingerprint density at radius 1 is 1.50 bits per heavy atom. The van der Waals surface area contributed by atoms with Crippen molar-refractivity contribution in [3.8, 4) is 0 Å². The molecule has 1 fully saturated rings. The van der Waals surface area contributed by atoms with Gasteiger partial charge in [0, 0.05) is 19.8 Å². The van der Waals surface area contributed by atoms with Gasteiger partial charge in [0.25, 0.3) is 0 Å². The molecule has 1 saturated heterocycles. The maximum absolute atomic E-state index is 11.8. The van der Waals surface area contributed by atoms with E-state index in [0.717, 1.165) is 30.8 Å². The third-order valence-corrected chi connectivity index (χ3v) is 3.45. The number of amides is 1. The van der Waals surface area contributed by atoms with Gasteiger partial charge < -0.3 is 4.90 Å². The van der Waals surface area contributed by atoms with Crippen LogP contribution in [-0.2, 0) is 4.79 Å². The van der Waals surface area contributed by atoms with Crippen molar-refractivity contribution in [1.82, 2.24) is 14.8 Å². The summed E-state index contributed by atoms with van der Waals surface area (Å²) in [6, 6.07) is 6.42. The summed E-state index contributed by atoms with van der Waals surface area (Å²) in [6.45, 7) is 3.49. The van der Waals surface area contributed by atoms with Crippen molar-refractivity contribution in [3.05, 3.63) is 29.6 Å². The van der Waals surface area contributed by atoms with Crippen molar-refractivity contribution >= 4 is 5.91 Å². The lowest BCUT2D eigenvalue weighted by Crippen LogP contribution is -2.36. The molecule has 1 atom stereocenters. The largest absolute Gasteiger partial charge is 0.348 e. The first-order valence-electron chi connectivity index (χ1n) is 6.45. The number of hydrogen-bond acceptors (Lipinski definition) is 3. The van der Waals surface area contributed by atoms with Crippen LogP contribution in [0.25, 0.3) is 0 Å². The summed E-state index contributed by atoms with van der Waals surface area (Å²) in [7, 11) is 3.61. The molecule has 4 heteroatoms. The van der Waals surface area contributed by atoms with Gasteiger partial charge in [0.1, 0.15) is 0 Å². The van der Waals surface area contributed by atoms with Gasteiger partial charge in [-0.25, -0.2) is 0 Å². The molecule has 1 aromatic heterocycles. The number of likely N-dealkylation sites (N-methyl/N-ethyl adjacent to an activating group) is 1. The van der Waals surface area contributed by atoms with Crippen molar-refractivity contribution in [1.29, 1.82) is 0 Å². The highest BCUT2D eigenvalue weighted by Gasteiger charge is 2.28. The maximum Gasteiger partial charge on any atom is 0.236 e. The number of nitrogens with zero attached hydrogens (tertiary/aromatic N) is 3. The van der Waals surface area contributed by atoms with Gasteiger partial charge in [-0.2, -0.15) is 0 Å². The second-order valence-corrected chi connectivity index (χ2v) is 5.12. The molecule has 0 spiro atoms. The zero-order chi connectivity index (χ0) is 13.1. The zero-order valence-corrected chi connectivity index (χ0v) is 11.4. The normalized spacial score (nSPS) is 20.1. The monoisotopic (exact) mass is 247 g/mol. The second-order valence-electron chi connectivity index (χ2n) is 5.12. The molecule has 98 valence electrons. The molecule has 0 aromatic carbocycles. The van der Waals surface area contributed by atoms with Crippen LogP contribution in [0.15, 0.2) is 18.2 Å². The van der Waals surface area contributed by atoms with E-state index in [9.17, 15) is 4.79 Å². The van der Waals surface area contributed by atoms with E-state index in [2.05, 4.69) is 16.0 Å². The molecule has 1 aromatic rings. The lowest BCUT2D eigenvalue weighted by atomic mass is 10.1. The number of pyridine rings is 1. The van der Waals surface area contributed by atoms with Gasteiger partial charge in [0.15, 0.2) is 0 Å². The highest BCUT2D eigenvalue weighted by atomic mass is 16.2. The predicted molar refractivity (Wildman–Crippen MR) is 71.2 cm³/mol. The van der Waals surface area contributed by atoms with Gasteiger partial charge in [-0.15, -0.1) is 0 Å². The topological polar surface area (TPSA) is 36.4 Å². The van der Waals surface area contributed by atoms with Crippen LogP contribution in [0.4, 0.5) is 0 Å². The quantitative estimate of drug-likeness (QED) is 0.814.